The van der Waals surface area contributed by atoms with E-state index < -0.39 is 5.91 Å². The van der Waals surface area contributed by atoms with Gasteiger partial charge in [0, 0.05) is 30.3 Å². The van der Waals surface area contributed by atoms with E-state index >= 15 is 0 Å². The van der Waals surface area contributed by atoms with Gasteiger partial charge in [0.1, 0.15) is 12.0 Å². The molecule has 2 N–H and O–H groups in total. The number of rotatable bonds is 5. The van der Waals surface area contributed by atoms with E-state index in [9.17, 15) is 4.79 Å². The summed E-state index contributed by atoms with van der Waals surface area (Å²) in [6.45, 7) is 2.08. The van der Waals surface area contributed by atoms with Gasteiger partial charge >= 0.3 is 0 Å². The second-order valence-electron chi connectivity index (χ2n) is 5.22. The maximum atomic E-state index is 11.6. The third-order valence-electron chi connectivity index (χ3n) is 3.52. The fourth-order valence-electron chi connectivity index (χ4n) is 2.26. The van der Waals surface area contributed by atoms with Gasteiger partial charge in [-0.25, -0.2) is 0 Å². The molecular weight excluding hydrogens is 324 g/mol. The van der Waals surface area contributed by atoms with Crippen molar-refractivity contribution in [3.05, 3.63) is 54.2 Å². The van der Waals surface area contributed by atoms with E-state index in [1.807, 2.05) is 23.7 Å². The van der Waals surface area contributed by atoms with Crippen molar-refractivity contribution < 1.29 is 4.79 Å². The highest BCUT2D eigenvalue weighted by atomic mass is 32.2. The molecule has 0 saturated heterocycles. The Bertz CT molecular complexity index is 878. The number of aromatic nitrogens is 5. The van der Waals surface area contributed by atoms with Crippen LogP contribution in [0.1, 0.15) is 28.2 Å². The van der Waals surface area contributed by atoms with Gasteiger partial charge in [-0.2, -0.15) is 0 Å². The molecule has 0 fully saturated rings. The molecule has 0 aliphatic rings. The summed E-state index contributed by atoms with van der Waals surface area (Å²) < 4.78 is 1.87. The number of hydrogen-bond donors (Lipinski definition) is 1. The molecule has 1 amide bonds. The average molecular weight is 340 g/mol. The molecule has 1 atom stereocenters. The average Bonchev–Trinajstić information content (AvgIpc) is 3.00. The maximum absolute atomic E-state index is 11.6. The number of nitrogens with zero attached hydrogens (tertiary/aromatic N) is 5. The van der Waals surface area contributed by atoms with Crippen molar-refractivity contribution in [3.8, 4) is 11.3 Å². The van der Waals surface area contributed by atoms with Gasteiger partial charge in [0.05, 0.1) is 5.69 Å². The van der Waals surface area contributed by atoms with E-state index in [0.29, 0.717) is 11.3 Å². The van der Waals surface area contributed by atoms with Gasteiger partial charge in [0.2, 0.25) is 0 Å². The number of pyridine rings is 2. The van der Waals surface area contributed by atoms with Gasteiger partial charge in [0.25, 0.3) is 5.91 Å². The first-order chi connectivity index (χ1) is 11.6. The highest BCUT2D eigenvalue weighted by Gasteiger charge is 2.15. The summed E-state index contributed by atoms with van der Waals surface area (Å²) in [6.07, 6.45) is 4.93. The molecule has 8 heteroatoms. The van der Waals surface area contributed by atoms with E-state index in [0.717, 1.165) is 10.7 Å². The molecule has 3 aromatic heterocycles. The molecule has 0 spiro atoms. The number of carbonyl (C=O) groups excluding carboxylic acids is 1. The van der Waals surface area contributed by atoms with Crippen LogP contribution in [-0.2, 0) is 7.05 Å². The molecule has 7 nitrogen and oxygen atoms in total. The minimum absolute atomic E-state index is 0.142. The molecule has 3 aromatic rings. The highest BCUT2D eigenvalue weighted by Crippen LogP contribution is 2.34. The molecule has 3 heterocycles. The standard InChI is InChI=1S/C16H16N6OS/c1-10(24-16-21-20-9-22(16)2)11-5-7-18-13(8-11)12-4-3-6-19-14(12)15(17)23/h3-10H,1-2H3,(H2,17,23). The van der Waals surface area contributed by atoms with Crippen LogP contribution in [0.3, 0.4) is 0 Å². The lowest BCUT2D eigenvalue weighted by Gasteiger charge is -2.12. The quantitative estimate of drug-likeness (QED) is 0.715. The zero-order valence-electron chi connectivity index (χ0n) is 13.2. The summed E-state index contributed by atoms with van der Waals surface area (Å²) >= 11 is 1.60. The van der Waals surface area contributed by atoms with Crippen molar-refractivity contribution in [3.63, 3.8) is 0 Å². The van der Waals surface area contributed by atoms with Gasteiger partial charge in [-0.15, -0.1) is 10.2 Å². The topological polar surface area (TPSA) is 99.6 Å². The predicted molar refractivity (Wildman–Crippen MR) is 91.3 cm³/mol. The molecule has 3 rings (SSSR count). The number of thioether (sulfide) groups is 1. The molecule has 24 heavy (non-hydrogen) atoms. The summed E-state index contributed by atoms with van der Waals surface area (Å²) in [5, 5.41) is 8.95. The monoisotopic (exact) mass is 340 g/mol. The lowest BCUT2D eigenvalue weighted by Crippen LogP contribution is -2.14. The second kappa shape index (κ2) is 6.79. The largest absolute Gasteiger partial charge is 0.364 e. The molecule has 1 unspecified atom stereocenters. The fourth-order valence-corrected chi connectivity index (χ4v) is 3.17. The summed E-state index contributed by atoms with van der Waals surface area (Å²) in [5.74, 6) is -0.570. The Balaban J connectivity index is 1.92. The molecule has 0 bridgehead atoms. The first-order valence-electron chi connectivity index (χ1n) is 7.28. The Morgan fingerprint density at radius 1 is 1.29 bits per heavy atom. The number of primary amides is 1. The first-order valence-corrected chi connectivity index (χ1v) is 8.16. The molecule has 122 valence electrons. The molecule has 0 aromatic carbocycles. The van der Waals surface area contributed by atoms with E-state index in [1.54, 1.807) is 42.6 Å². The van der Waals surface area contributed by atoms with Crippen LogP contribution < -0.4 is 5.73 Å². The van der Waals surface area contributed by atoms with Gasteiger partial charge < -0.3 is 10.3 Å². The Morgan fingerprint density at radius 2 is 2.12 bits per heavy atom. The van der Waals surface area contributed by atoms with Crippen LogP contribution >= 0.6 is 11.8 Å². The zero-order valence-corrected chi connectivity index (χ0v) is 14.1. The van der Waals surface area contributed by atoms with Crippen LogP contribution in [0, 0.1) is 0 Å². The second-order valence-corrected chi connectivity index (χ2v) is 6.53. The van der Waals surface area contributed by atoms with Crippen LogP contribution in [-0.4, -0.2) is 30.6 Å². The minimum atomic E-state index is -0.570. The number of amides is 1. The van der Waals surface area contributed by atoms with Gasteiger partial charge in [-0.05, 0) is 36.8 Å². The highest BCUT2D eigenvalue weighted by molar-refractivity contribution is 7.99. The van der Waals surface area contributed by atoms with Crippen LogP contribution in [0.25, 0.3) is 11.3 Å². The number of carbonyl (C=O) groups is 1. The van der Waals surface area contributed by atoms with Crippen molar-refractivity contribution in [1.29, 1.82) is 0 Å². The van der Waals surface area contributed by atoms with Crippen LogP contribution in [0.5, 0.6) is 0 Å². The lowest BCUT2D eigenvalue weighted by atomic mass is 10.1. The van der Waals surface area contributed by atoms with Crippen molar-refractivity contribution >= 4 is 17.7 Å². The normalized spacial score (nSPS) is 12.1. The smallest absolute Gasteiger partial charge is 0.268 e. The minimum Gasteiger partial charge on any atom is -0.364 e. The molecule has 0 saturated carbocycles. The Kier molecular flexibility index (Phi) is 4.57. The molecule has 0 aliphatic carbocycles. The Hall–Kier alpha value is -2.74. The van der Waals surface area contributed by atoms with Gasteiger partial charge in [0.15, 0.2) is 5.16 Å². The van der Waals surface area contributed by atoms with E-state index in [-0.39, 0.29) is 10.9 Å². The molecule has 0 aliphatic heterocycles. The summed E-state index contributed by atoms with van der Waals surface area (Å²) in [7, 11) is 1.90. The molecular formula is C16H16N6OS. The maximum Gasteiger partial charge on any atom is 0.268 e. The third-order valence-corrected chi connectivity index (χ3v) is 4.73. The van der Waals surface area contributed by atoms with E-state index in [4.69, 9.17) is 5.73 Å². The summed E-state index contributed by atoms with van der Waals surface area (Å²) in [5.41, 5.74) is 7.98. The van der Waals surface area contributed by atoms with Crippen molar-refractivity contribution in [1.82, 2.24) is 24.7 Å². The fraction of sp³-hybridized carbons (Fsp3) is 0.188. The number of aryl methyl sites for hydroxylation is 1. The Labute approximate surface area is 143 Å². The third kappa shape index (κ3) is 3.28. The van der Waals surface area contributed by atoms with E-state index in [1.165, 1.54) is 0 Å². The first kappa shape index (κ1) is 16.1. The Morgan fingerprint density at radius 3 is 2.83 bits per heavy atom. The van der Waals surface area contributed by atoms with Crippen LogP contribution in [0.15, 0.2) is 48.1 Å². The van der Waals surface area contributed by atoms with Gasteiger partial charge in [-0.1, -0.05) is 11.8 Å². The van der Waals surface area contributed by atoms with Gasteiger partial charge in [-0.3, -0.25) is 14.8 Å². The lowest BCUT2D eigenvalue weighted by molar-refractivity contribution is 0.0996. The number of hydrogen-bond acceptors (Lipinski definition) is 6. The molecule has 0 radical (unpaired) electrons. The van der Waals surface area contributed by atoms with Crippen molar-refractivity contribution in [2.45, 2.75) is 17.3 Å². The predicted octanol–water partition coefficient (Wildman–Crippen LogP) is 2.22. The zero-order chi connectivity index (χ0) is 17.1. The number of nitrogens with two attached hydrogens (primary N) is 1. The summed E-state index contributed by atoms with van der Waals surface area (Å²) in [6, 6.07) is 7.43. The SMILES string of the molecule is CC(Sc1nncn1C)c1ccnc(-c2cccnc2C(N)=O)c1. The van der Waals surface area contributed by atoms with Crippen molar-refractivity contribution in [2.75, 3.05) is 0 Å². The van der Waals surface area contributed by atoms with Crippen molar-refractivity contribution in [2.24, 2.45) is 12.8 Å². The van der Waals surface area contributed by atoms with Crippen LogP contribution in [0.4, 0.5) is 0 Å². The van der Waals surface area contributed by atoms with E-state index in [2.05, 4.69) is 27.1 Å². The van der Waals surface area contributed by atoms with Crippen LogP contribution in [0.2, 0.25) is 0 Å². The summed E-state index contributed by atoms with van der Waals surface area (Å²) in [4.78, 5) is 20.0.